The van der Waals surface area contributed by atoms with Gasteiger partial charge in [-0.25, -0.2) is 0 Å². The molecule has 0 spiro atoms. The lowest BCUT2D eigenvalue weighted by Gasteiger charge is -2.32. The summed E-state index contributed by atoms with van der Waals surface area (Å²) in [5, 5.41) is 8.74. The molecular formula is C16H22BNO2. The molecule has 106 valence electrons. The summed E-state index contributed by atoms with van der Waals surface area (Å²) in [5.74, 6) is 0. The molecule has 0 unspecified atom stereocenters. The summed E-state index contributed by atoms with van der Waals surface area (Å²) in [6.07, 6.45) is 1.31. The molecule has 1 saturated heterocycles. The molecule has 1 aliphatic heterocycles. The maximum absolute atomic E-state index is 8.74. The lowest BCUT2D eigenvalue weighted by Crippen LogP contribution is -2.41. The van der Waals surface area contributed by atoms with E-state index in [2.05, 4.69) is 46.8 Å². The van der Waals surface area contributed by atoms with E-state index in [9.17, 15) is 0 Å². The molecule has 0 aromatic heterocycles. The Morgan fingerprint density at radius 1 is 1.15 bits per heavy atom. The lowest BCUT2D eigenvalue weighted by atomic mass is 9.74. The monoisotopic (exact) mass is 271 g/mol. The fraction of sp³-hybridized carbons (Fsp3) is 0.562. The molecule has 1 aromatic rings. The molecule has 1 aliphatic rings. The van der Waals surface area contributed by atoms with E-state index in [-0.39, 0.29) is 18.3 Å². The van der Waals surface area contributed by atoms with Gasteiger partial charge in [-0.1, -0.05) is 18.2 Å². The Labute approximate surface area is 122 Å². The SMILES string of the molecule is Cc1c(CCC#N)cccc1B1OC(C)(C)C(C)(C)O1. The van der Waals surface area contributed by atoms with Gasteiger partial charge in [-0.2, -0.15) is 5.26 Å². The number of benzene rings is 1. The number of nitrogens with zero attached hydrogens (tertiary/aromatic N) is 1. The van der Waals surface area contributed by atoms with Crippen LogP contribution in [0.3, 0.4) is 0 Å². The zero-order chi connectivity index (χ0) is 15.0. The molecule has 0 bridgehead atoms. The smallest absolute Gasteiger partial charge is 0.399 e. The van der Waals surface area contributed by atoms with Crippen molar-refractivity contribution in [3.05, 3.63) is 29.3 Å². The molecule has 0 amide bonds. The molecule has 3 nitrogen and oxygen atoms in total. The second-order valence-corrected chi connectivity index (χ2v) is 6.38. The van der Waals surface area contributed by atoms with Crippen molar-refractivity contribution in [3.63, 3.8) is 0 Å². The highest BCUT2D eigenvalue weighted by Crippen LogP contribution is 2.36. The van der Waals surface area contributed by atoms with Crippen LogP contribution in [-0.2, 0) is 15.7 Å². The second-order valence-electron chi connectivity index (χ2n) is 6.38. The van der Waals surface area contributed by atoms with Crippen molar-refractivity contribution in [1.29, 1.82) is 5.26 Å². The van der Waals surface area contributed by atoms with E-state index in [0.717, 1.165) is 11.9 Å². The summed E-state index contributed by atoms with van der Waals surface area (Å²) in [7, 11) is -0.331. The first-order valence-corrected chi connectivity index (χ1v) is 7.09. The van der Waals surface area contributed by atoms with Gasteiger partial charge >= 0.3 is 7.12 Å². The van der Waals surface area contributed by atoms with E-state index >= 15 is 0 Å². The predicted octanol–water partition coefficient (Wildman–Crippen LogP) is 2.75. The van der Waals surface area contributed by atoms with Gasteiger partial charge in [0.25, 0.3) is 0 Å². The number of hydrogen-bond donors (Lipinski definition) is 0. The molecule has 1 fully saturated rings. The first kappa shape index (κ1) is 15.1. The van der Waals surface area contributed by atoms with Crippen molar-refractivity contribution in [2.75, 3.05) is 0 Å². The van der Waals surface area contributed by atoms with E-state index in [1.54, 1.807) is 0 Å². The van der Waals surface area contributed by atoms with Crippen LogP contribution in [-0.4, -0.2) is 18.3 Å². The Bertz CT molecular complexity index is 530. The van der Waals surface area contributed by atoms with Crippen molar-refractivity contribution < 1.29 is 9.31 Å². The highest BCUT2D eigenvalue weighted by Gasteiger charge is 2.52. The average Bonchev–Trinajstić information content (AvgIpc) is 2.57. The normalized spacial score (nSPS) is 19.9. The third-order valence-corrected chi connectivity index (χ3v) is 4.50. The van der Waals surface area contributed by atoms with E-state index in [1.165, 1.54) is 11.1 Å². The third kappa shape index (κ3) is 2.61. The van der Waals surface area contributed by atoms with Gasteiger partial charge in [-0.3, -0.25) is 0 Å². The van der Waals surface area contributed by atoms with Gasteiger partial charge < -0.3 is 9.31 Å². The summed E-state index contributed by atoms with van der Waals surface area (Å²) in [5.41, 5.74) is 2.78. The molecule has 0 saturated carbocycles. The van der Waals surface area contributed by atoms with Gasteiger partial charge in [-0.05, 0) is 57.6 Å². The first-order chi connectivity index (χ1) is 9.28. The van der Waals surface area contributed by atoms with Crippen molar-refractivity contribution in [2.45, 2.75) is 58.7 Å². The molecule has 0 radical (unpaired) electrons. The van der Waals surface area contributed by atoms with E-state index in [4.69, 9.17) is 14.6 Å². The molecule has 2 rings (SSSR count). The minimum atomic E-state index is -0.331. The van der Waals surface area contributed by atoms with Gasteiger partial charge in [0.2, 0.25) is 0 Å². The number of hydrogen-bond acceptors (Lipinski definition) is 3. The predicted molar refractivity (Wildman–Crippen MR) is 80.8 cm³/mol. The molecule has 0 N–H and O–H groups in total. The largest absolute Gasteiger partial charge is 0.495 e. The summed E-state index contributed by atoms with van der Waals surface area (Å²) >= 11 is 0. The molecule has 20 heavy (non-hydrogen) atoms. The van der Waals surface area contributed by atoms with Crippen LogP contribution in [0, 0.1) is 18.3 Å². The second kappa shape index (κ2) is 5.23. The van der Waals surface area contributed by atoms with Gasteiger partial charge in [0.1, 0.15) is 0 Å². The van der Waals surface area contributed by atoms with Crippen molar-refractivity contribution in [1.82, 2.24) is 0 Å². The standard InChI is InChI=1S/C16H22BNO2/c1-12-13(9-7-11-18)8-6-10-14(12)17-19-15(2,3)16(4,5)20-17/h6,8,10H,7,9H2,1-5H3. The summed E-state index contributed by atoms with van der Waals surface area (Å²) in [4.78, 5) is 0. The van der Waals surface area contributed by atoms with Gasteiger partial charge in [-0.15, -0.1) is 0 Å². The van der Waals surface area contributed by atoms with Gasteiger partial charge in [0, 0.05) is 6.42 Å². The zero-order valence-corrected chi connectivity index (χ0v) is 13.0. The molecule has 0 atom stereocenters. The fourth-order valence-electron chi connectivity index (χ4n) is 2.39. The summed E-state index contributed by atoms with van der Waals surface area (Å²) in [6.45, 7) is 10.3. The van der Waals surface area contributed by atoms with Gasteiger partial charge in [0.05, 0.1) is 17.3 Å². The Kier molecular flexibility index (Phi) is 3.95. The summed E-state index contributed by atoms with van der Waals surface area (Å²) in [6, 6.07) is 8.33. The summed E-state index contributed by atoms with van der Waals surface area (Å²) < 4.78 is 12.2. The molecule has 4 heteroatoms. The van der Waals surface area contributed by atoms with Crippen LogP contribution in [0.2, 0.25) is 0 Å². The highest BCUT2D eigenvalue weighted by atomic mass is 16.7. The van der Waals surface area contributed by atoms with Crippen molar-refractivity contribution >= 4 is 12.6 Å². The van der Waals surface area contributed by atoms with Crippen LogP contribution in [0.5, 0.6) is 0 Å². The van der Waals surface area contributed by atoms with E-state index < -0.39 is 0 Å². The topological polar surface area (TPSA) is 42.2 Å². The molecular weight excluding hydrogens is 249 g/mol. The van der Waals surface area contributed by atoms with Crippen LogP contribution in [0.1, 0.15) is 45.2 Å². The fourth-order valence-corrected chi connectivity index (χ4v) is 2.39. The number of aryl methyl sites for hydroxylation is 1. The van der Waals surface area contributed by atoms with E-state index in [1.807, 2.05) is 12.1 Å². The molecule has 1 aromatic carbocycles. The number of nitriles is 1. The van der Waals surface area contributed by atoms with Crippen LogP contribution < -0.4 is 5.46 Å². The Morgan fingerprint density at radius 3 is 2.30 bits per heavy atom. The minimum Gasteiger partial charge on any atom is -0.399 e. The van der Waals surface area contributed by atoms with Crippen LogP contribution >= 0.6 is 0 Å². The molecule has 1 heterocycles. The molecule has 0 aliphatic carbocycles. The van der Waals surface area contributed by atoms with E-state index in [0.29, 0.717) is 6.42 Å². The Balaban J connectivity index is 2.29. The average molecular weight is 271 g/mol. The van der Waals surface area contributed by atoms with Crippen molar-refractivity contribution in [2.24, 2.45) is 0 Å². The van der Waals surface area contributed by atoms with Crippen LogP contribution in [0.15, 0.2) is 18.2 Å². The Morgan fingerprint density at radius 2 is 1.75 bits per heavy atom. The first-order valence-electron chi connectivity index (χ1n) is 7.09. The maximum atomic E-state index is 8.74. The maximum Gasteiger partial charge on any atom is 0.495 e. The van der Waals surface area contributed by atoms with Crippen LogP contribution in [0.25, 0.3) is 0 Å². The highest BCUT2D eigenvalue weighted by molar-refractivity contribution is 6.62. The Hall–Kier alpha value is -1.31. The third-order valence-electron chi connectivity index (χ3n) is 4.50. The quantitative estimate of drug-likeness (QED) is 0.794. The van der Waals surface area contributed by atoms with Crippen LogP contribution in [0.4, 0.5) is 0 Å². The number of rotatable bonds is 3. The zero-order valence-electron chi connectivity index (χ0n) is 13.0. The van der Waals surface area contributed by atoms with Crippen molar-refractivity contribution in [3.8, 4) is 6.07 Å². The lowest BCUT2D eigenvalue weighted by molar-refractivity contribution is 0.00578. The minimum absolute atomic E-state index is 0.327. The van der Waals surface area contributed by atoms with Gasteiger partial charge in [0.15, 0.2) is 0 Å².